The average molecular weight is 295 g/mol. The Hall–Kier alpha value is -2.15. The summed E-state index contributed by atoms with van der Waals surface area (Å²) in [6.45, 7) is 3.48. The number of carbonyl (C=O) groups is 2. The molecule has 0 saturated carbocycles. The molecular formula is C13H13NO5S. The zero-order valence-corrected chi connectivity index (χ0v) is 11.6. The van der Waals surface area contributed by atoms with Gasteiger partial charge < -0.3 is 4.74 Å². The number of esters is 1. The number of sulfonamides is 1. The lowest BCUT2D eigenvalue weighted by molar-refractivity contribution is 0.0601. The molecule has 1 aliphatic heterocycles. The van der Waals surface area contributed by atoms with Crippen molar-refractivity contribution in [2.45, 2.75) is 0 Å². The summed E-state index contributed by atoms with van der Waals surface area (Å²) in [5.41, 5.74) is 0.309. The lowest BCUT2D eigenvalue weighted by Crippen LogP contribution is -2.41. The van der Waals surface area contributed by atoms with Gasteiger partial charge >= 0.3 is 5.97 Å². The number of ether oxygens (including phenoxy) is 1. The van der Waals surface area contributed by atoms with Crippen LogP contribution in [0, 0.1) is 0 Å². The Bertz CT molecular complexity index is 693. The topological polar surface area (TPSA) is 80.8 Å². The molecule has 20 heavy (non-hydrogen) atoms. The van der Waals surface area contributed by atoms with Crippen LogP contribution in [0.4, 0.5) is 5.69 Å². The maximum Gasteiger partial charge on any atom is 0.340 e. The summed E-state index contributed by atoms with van der Waals surface area (Å²) >= 11 is 0. The van der Waals surface area contributed by atoms with Crippen LogP contribution in [0.1, 0.15) is 20.7 Å². The number of anilines is 1. The Labute approximate surface area is 116 Å². The number of benzene rings is 1. The number of rotatable bonds is 3. The van der Waals surface area contributed by atoms with Crippen LogP contribution in [0.25, 0.3) is 0 Å². The van der Waals surface area contributed by atoms with E-state index in [1.807, 2.05) is 0 Å². The molecule has 6 nitrogen and oxygen atoms in total. The predicted octanol–water partition coefficient (Wildman–Crippen LogP) is 0.992. The van der Waals surface area contributed by atoms with Crippen LogP contribution in [-0.2, 0) is 14.8 Å². The number of hydrogen-bond acceptors (Lipinski definition) is 5. The third-order valence-electron chi connectivity index (χ3n) is 2.94. The van der Waals surface area contributed by atoms with E-state index in [4.69, 9.17) is 0 Å². The van der Waals surface area contributed by atoms with Crippen molar-refractivity contribution in [3.05, 3.63) is 42.0 Å². The molecule has 7 heteroatoms. The fourth-order valence-corrected chi connectivity index (χ4v) is 3.54. The smallest absolute Gasteiger partial charge is 0.340 e. The molecule has 0 bridgehead atoms. The summed E-state index contributed by atoms with van der Waals surface area (Å²) in [7, 11) is -2.61. The van der Waals surface area contributed by atoms with Gasteiger partial charge in [-0.25, -0.2) is 13.2 Å². The van der Waals surface area contributed by atoms with Crippen LogP contribution in [0.15, 0.2) is 30.9 Å². The summed E-state index contributed by atoms with van der Waals surface area (Å²) in [6.07, 6.45) is 1.39. The van der Waals surface area contributed by atoms with Crippen molar-refractivity contribution in [3.63, 3.8) is 0 Å². The first kappa shape index (κ1) is 14.3. The fourth-order valence-electron chi connectivity index (χ4n) is 2.09. The molecule has 0 spiro atoms. The predicted molar refractivity (Wildman–Crippen MR) is 73.4 cm³/mol. The first-order valence-electron chi connectivity index (χ1n) is 5.78. The molecule has 2 rings (SSSR count). The number of hydrogen-bond donors (Lipinski definition) is 0. The third kappa shape index (κ3) is 2.20. The Morgan fingerprint density at radius 3 is 2.80 bits per heavy atom. The molecule has 0 unspecified atom stereocenters. The first-order valence-corrected chi connectivity index (χ1v) is 7.39. The first-order chi connectivity index (χ1) is 9.42. The van der Waals surface area contributed by atoms with Gasteiger partial charge in [-0.15, -0.1) is 6.58 Å². The van der Waals surface area contributed by atoms with Gasteiger partial charge in [0.2, 0.25) is 10.0 Å². The highest BCUT2D eigenvalue weighted by Gasteiger charge is 2.37. The number of carbonyl (C=O) groups excluding carboxylic acids is 2. The minimum atomic E-state index is -3.81. The van der Waals surface area contributed by atoms with Crippen molar-refractivity contribution in [2.24, 2.45) is 0 Å². The number of nitrogens with zero attached hydrogens (tertiary/aromatic N) is 1. The Morgan fingerprint density at radius 2 is 2.20 bits per heavy atom. The molecule has 0 aromatic heterocycles. The molecule has 1 aromatic rings. The van der Waals surface area contributed by atoms with Gasteiger partial charge in [0.05, 0.1) is 24.9 Å². The van der Waals surface area contributed by atoms with Gasteiger partial charge in [0.25, 0.3) is 0 Å². The van der Waals surface area contributed by atoms with Crippen LogP contribution < -0.4 is 4.31 Å². The minimum absolute atomic E-state index is 0.0172. The quantitative estimate of drug-likeness (QED) is 0.613. The normalized spacial score (nSPS) is 16.4. The largest absolute Gasteiger partial charge is 0.465 e. The zero-order chi connectivity index (χ0) is 14.9. The van der Waals surface area contributed by atoms with Crippen molar-refractivity contribution in [1.82, 2.24) is 0 Å². The van der Waals surface area contributed by atoms with Crippen molar-refractivity contribution >= 4 is 27.5 Å². The summed E-state index contributed by atoms with van der Waals surface area (Å²) in [4.78, 5) is 23.7. The van der Waals surface area contributed by atoms with Gasteiger partial charge in [0.15, 0.2) is 5.78 Å². The second-order valence-electron chi connectivity index (χ2n) is 4.19. The summed E-state index contributed by atoms with van der Waals surface area (Å²) in [6, 6.07) is 4.44. The highest BCUT2D eigenvalue weighted by atomic mass is 32.2. The maximum atomic E-state index is 12.1. The van der Waals surface area contributed by atoms with Crippen molar-refractivity contribution in [2.75, 3.05) is 23.7 Å². The van der Waals surface area contributed by atoms with Crippen molar-refractivity contribution in [3.8, 4) is 0 Å². The SMILES string of the molecule is C=CCN1c2c(cccc2C(=O)OC)C(=O)CS1(=O)=O. The second-order valence-corrected chi connectivity index (χ2v) is 6.09. The number of Topliss-reactive ketones (excluding diaryl/α,β-unsaturated/α-hetero) is 1. The van der Waals surface area contributed by atoms with Crippen LogP contribution in [0.3, 0.4) is 0 Å². The molecule has 106 valence electrons. The Morgan fingerprint density at radius 1 is 1.50 bits per heavy atom. The number of methoxy groups -OCH3 is 1. The highest BCUT2D eigenvalue weighted by Crippen LogP contribution is 2.33. The van der Waals surface area contributed by atoms with E-state index in [0.717, 1.165) is 4.31 Å². The van der Waals surface area contributed by atoms with E-state index in [0.29, 0.717) is 0 Å². The van der Waals surface area contributed by atoms with Gasteiger partial charge in [0, 0.05) is 5.56 Å². The van der Waals surface area contributed by atoms with Gasteiger partial charge in [0.1, 0.15) is 5.75 Å². The van der Waals surface area contributed by atoms with E-state index in [-0.39, 0.29) is 23.4 Å². The molecule has 0 saturated heterocycles. The number of ketones is 1. The van der Waals surface area contributed by atoms with Gasteiger partial charge in [-0.05, 0) is 12.1 Å². The molecule has 1 aliphatic rings. The third-order valence-corrected chi connectivity index (χ3v) is 4.57. The van der Waals surface area contributed by atoms with Gasteiger partial charge in [-0.3, -0.25) is 9.10 Å². The molecule has 1 aromatic carbocycles. The molecule has 0 fully saturated rings. The summed E-state index contributed by atoms with van der Waals surface area (Å²) in [5.74, 6) is -1.84. The van der Waals surface area contributed by atoms with Crippen molar-refractivity contribution < 1.29 is 22.7 Å². The summed E-state index contributed by atoms with van der Waals surface area (Å²) in [5, 5.41) is 0. The Balaban J connectivity index is 2.76. The zero-order valence-electron chi connectivity index (χ0n) is 10.8. The van der Waals surface area contributed by atoms with E-state index < -0.39 is 27.5 Å². The lowest BCUT2D eigenvalue weighted by atomic mass is 10.0. The van der Waals surface area contributed by atoms with Crippen LogP contribution in [-0.4, -0.2) is 39.6 Å². The van der Waals surface area contributed by atoms with Gasteiger partial charge in [-0.2, -0.15) is 0 Å². The fraction of sp³-hybridized carbons (Fsp3) is 0.231. The second kappa shape index (κ2) is 5.09. The van der Waals surface area contributed by atoms with E-state index in [1.54, 1.807) is 0 Å². The van der Waals surface area contributed by atoms with Crippen LogP contribution in [0.5, 0.6) is 0 Å². The molecule has 0 N–H and O–H groups in total. The molecule has 1 heterocycles. The van der Waals surface area contributed by atoms with Crippen molar-refractivity contribution in [1.29, 1.82) is 0 Å². The van der Waals surface area contributed by atoms with Crippen LogP contribution in [0.2, 0.25) is 0 Å². The molecule has 0 aliphatic carbocycles. The molecule has 0 radical (unpaired) electrons. The Kier molecular flexibility index (Phi) is 3.63. The maximum absolute atomic E-state index is 12.1. The monoisotopic (exact) mass is 295 g/mol. The van der Waals surface area contributed by atoms with E-state index in [2.05, 4.69) is 11.3 Å². The number of fused-ring (bicyclic) bond motifs is 1. The average Bonchev–Trinajstić information content (AvgIpc) is 2.41. The number of para-hydroxylation sites is 1. The van der Waals surface area contributed by atoms with Gasteiger partial charge in [-0.1, -0.05) is 12.1 Å². The molecular weight excluding hydrogens is 282 g/mol. The van der Waals surface area contributed by atoms with Crippen LogP contribution >= 0.6 is 0 Å². The lowest BCUT2D eigenvalue weighted by Gasteiger charge is -2.30. The minimum Gasteiger partial charge on any atom is -0.465 e. The van der Waals surface area contributed by atoms with E-state index in [1.165, 1.54) is 31.4 Å². The van der Waals surface area contributed by atoms with E-state index in [9.17, 15) is 18.0 Å². The molecule has 0 atom stereocenters. The standard InChI is InChI=1S/C13H13NO5S/c1-3-7-14-12-9(11(15)8-20(14,17)18)5-4-6-10(12)13(16)19-2/h3-6H,1,7-8H2,2H3. The summed E-state index contributed by atoms with van der Waals surface area (Å²) < 4.78 is 29.9. The molecule has 0 amide bonds. The highest BCUT2D eigenvalue weighted by molar-refractivity contribution is 7.93. The van der Waals surface area contributed by atoms with E-state index >= 15 is 0 Å².